The Kier molecular flexibility index (Phi) is 6.86. The molecular formula is C17H32N2O4. The Balaban J connectivity index is 2.47. The van der Waals surface area contributed by atoms with Crippen LogP contribution in [0.5, 0.6) is 0 Å². The van der Waals surface area contributed by atoms with Crippen LogP contribution < -0.4 is 5.32 Å². The molecule has 1 saturated heterocycles. The molecule has 1 amide bonds. The predicted octanol–water partition coefficient (Wildman–Crippen LogP) is 2.56. The lowest BCUT2D eigenvalue weighted by Gasteiger charge is -2.40. The minimum absolute atomic E-state index is 0.0694. The first kappa shape index (κ1) is 19.7. The maximum atomic E-state index is 12.1. The fourth-order valence-electron chi connectivity index (χ4n) is 2.64. The average molecular weight is 328 g/mol. The number of methoxy groups -OCH3 is 1. The second-order valence-electron chi connectivity index (χ2n) is 7.64. The molecule has 6 nitrogen and oxygen atoms in total. The highest BCUT2D eigenvalue weighted by Crippen LogP contribution is 2.31. The van der Waals surface area contributed by atoms with E-state index in [9.17, 15) is 9.59 Å². The van der Waals surface area contributed by atoms with E-state index in [-0.39, 0.29) is 23.5 Å². The van der Waals surface area contributed by atoms with Crippen LogP contribution in [-0.2, 0) is 14.3 Å². The maximum Gasteiger partial charge on any atom is 0.410 e. The quantitative estimate of drug-likeness (QED) is 0.786. The Labute approximate surface area is 139 Å². The molecule has 1 N–H and O–H groups in total. The van der Waals surface area contributed by atoms with Crippen molar-refractivity contribution in [2.75, 3.05) is 26.7 Å². The van der Waals surface area contributed by atoms with Gasteiger partial charge in [-0.3, -0.25) is 4.79 Å². The van der Waals surface area contributed by atoms with Gasteiger partial charge >= 0.3 is 12.1 Å². The zero-order valence-corrected chi connectivity index (χ0v) is 15.4. The highest BCUT2D eigenvalue weighted by atomic mass is 16.6. The maximum absolute atomic E-state index is 12.1. The summed E-state index contributed by atoms with van der Waals surface area (Å²) in [5.41, 5.74) is -0.395. The van der Waals surface area contributed by atoms with Crippen molar-refractivity contribution in [3.8, 4) is 0 Å². The molecule has 1 fully saturated rings. The number of esters is 1. The van der Waals surface area contributed by atoms with Crippen molar-refractivity contribution in [1.82, 2.24) is 10.2 Å². The van der Waals surface area contributed by atoms with Crippen LogP contribution in [0.2, 0.25) is 0 Å². The molecule has 1 aliphatic rings. The van der Waals surface area contributed by atoms with Crippen LogP contribution in [0.4, 0.5) is 4.79 Å². The Morgan fingerprint density at radius 2 is 1.83 bits per heavy atom. The third kappa shape index (κ3) is 6.37. The van der Waals surface area contributed by atoms with E-state index < -0.39 is 5.60 Å². The minimum Gasteiger partial charge on any atom is -0.468 e. The molecule has 0 aromatic rings. The molecule has 0 saturated carbocycles. The summed E-state index contributed by atoms with van der Waals surface area (Å²) < 4.78 is 10.2. The third-order valence-electron chi connectivity index (χ3n) is 4.29. The molecule has 1 unspecified atom stereocenters. The Bertz CT molecular complexity index is 409. The molecule has 0 aromatic carbocycles. The van der Waals surface area contributed by atoms with Gasteiger partial charge in [-0.1, -0.05) is 13.8 Å². The fraction of sp³-hybridized carbons (Fsp3) is 0.882. The van der Waals surface area contributed by atoms with Gasteiger partial charge in [-0.25, -0.2) is 4.79 Å². The third-order valence-corrected chi connectivity index (χ3v) is 4.29. The molecule has 0 bridgehead atoms. The van der Waals surface area contributed by atoms with Gasteiger partial charge in [-0.15, -0.1) is 0 Å². The number of hydrogen-bond donors (Lipinski definition) is 1. The van der Waals surface area contributed by atoms with Crippen LogP contribution in [0.1, 0.15) is 53.9 Å². The largest absolute Gasteiger partial charge is 0.468 e. The fourth-order valence-corrected chi connectivity index (χ4v) is 2.64. The summed E-state index contributed by atoms with van der Waals surface area (Å²) >= 11 is 0. The van der Waals surface area contributed by atoms with E-state index in [2.05, 4.69) is 12.2 Å². The molecule has 1 atom stereocenters. The van der Waals surface area contributed by atoms with Crippen LogP contribution in [0.3, 0.4) is 0 Å². The Morgan fingerprint density at radius 3 is 2.26 bits per heavy atom. The van der Waals surface area contributed by atoms with E-state index in [1.807, 2.05) is 27.7 Å². The van der Waals surface area contributed by atoms with Gasteiger partial charge in [0.15, 0.2) is 0 Å². The van der Waals surface area contributed by atoms with Gasteiger partial charge in [-0.2, -0.15) is 0 Å². The summed E-state index contributed by atoms with van der Waals surface area (Å²) in [4.78, 5) is 25.5. The molecule has 1 aliphatic heterocycles. The number of nitrogens with zero attached hydrogens (tertiary/aromatic N) is 1. The highest BCUT2D eigenvalue weighted by Gasteiger charge is 2.34. The van der Waals surface area contributed by atoms with E-state index in [4.69, 9.17) is 9.47 Å². The lowest BCUT2D eigenvalue weighted by atomic mass is 9.80. The van der Waals surface area contributed by atoms with Gasteiger partial charge in [0.2, 0.25) is 0 Å². The number of nitrogens with one attached hydrogen (secondary N) is 1. The molecule has 1 heterocycles. The van der Waals surface area contributed by atoms with Crippen LogP contribution in [0, 0.1) is 5.41 Å². The molecule has 1 rings (SSSR count). The topological polar surface area (TPSA) is 67.9 Å². The molecule has 0 radical (unpaired) electrons. The smallest absolute Gasteiger partial charge is 0.410 e. The van der Waals surface area contributed by atoms with Crippen molar-refractivity contribution in [3.05, 3.63) is 0 Å². The summed E-state index contributed by atoms with van der Waals surface area (Å²) in [5.74, 6) is -0.220. The molecule has 134 valence electrons. The van der Waals surface area contributed by atoms with E-state index >= 15 is 0 Å². The first-order valence-electron chi connectivity index (χ1n) is 8.39. The predicted molar refractivity (Wildman–Crippen MR) is 89.2 cm³/mol. The van der Waals surface area contributed by atoms with Gasteiger partial charge in [0.25, 0.3) is 0 Å². The normalized spacial score (nSPS) is 19.1. The SMILES string of the molecule is CCC(NCC1(C)CCN(C(=O)OC(C)(C)C)CC1)C(=O)OC. The summed E-state index contributed by atoms with van der Waals surface area (Å²) in [6.45, 7) is 11.9. The summed E-state index contributed by atoms with van der Waals surface area (Å²) in [5, 5.41) is 3.30. The van der Waals surface area contributed by atoms with Crippen LogP contribution in [0.15, 0.2) is 0 Å². The van der Waals surface area contributed by atoms with Crippen molar-refractivity contribution < 1.29 is 19.1 Å². The second kappa shape index (κ2) is 7.99. The van der Waals surface area contributed by atoms with E-state index in [1.165, 1.54) is 7.11 Å². The molecule has 0 aliphatic carbocycles. The summed E-state index contributed by atoms with van der Waals surface area (Å²) in [6, 6.07) is -0.263. The molecule has 0 spiro atoms. The van der Waals surface area contributed by atoms with Crippen molar-refractivity contribution in [2.45, 2.75) is 65.5 Å². The van der Waals surface area contributed by atoms with Crippen LogP contribution in [0.25, 0.3) is 0 Å². The summed E-state index contributed by atoms with van der Waals surface area (Å²) in [7, 11) is 1.41. The van der Waals surface area contributed by atoms with E-state index in [0.29, 0.717) is 19.5 Å². The number of likely N-dealkylation sites (tertiary alicyclic amines) is 1. The number of carbonyl (C=O) groups excluding carboxylic acids is 2. The minimum atomic E-state index is -0.464. The molecule has 23 heavy (non-hydrogen) atoms. The van der Waals surface area contributed by atoms with Gasteiger partial charge in [0.1, 0.15) is 11.6 Å². The van der Waals surface area contributed by atoms with Crippen molar-refractivity contribution >= 4 is 12.1 Å². The van der Waals surface area contributed by atoms with E-state index in [1.54, 1.807) is 4.90 Å². The zero-order valence-electron chi connectivity index (χ0n) is 15.4. The lowest BCUT2D eigenvalue weighted by Crippen LogP contribution is -2.49. The summed E-state index contributed by atoms with van der Waals surface area (Å²) in [6.07, 6.45) is 2.23. The molecule has 6 heteroatoms. The number of carbonyl (C=O) groups is 2. The zero-order chi connectivity index (χ0) is 17.7. The van der Waals surface area contributed by atoms with Crippen molar-refractivity contribution in [3.63, 3.8) is 0 Å². The monoisotopic (exact) mass is 328 g/mol. The number of piperidine rings is 1. The molecular weight excluding hydrogens is 296 g/mol. The second-order valence-corrected chi connectivity index (χ2v) is 7.64. The number of rotatable bonds is 5. The van der Waals surface area contributed by atoms with Gasteiger partial charge in [0.05, 0.1) is 7.11 Å². The standard InChI is InChI=1S/C17H32N2O4/c1-7-13(14(20)22-6)18-12-17(5)8-10-19(11-9-17)15(21)23-16(2,3)4/h13,18H,7-12H2,1-6H3. The first-order chi connectivity index (χ1) is 10.6. The Hall–Kier alpha value is -1.30. The number of hydrogen-bond acceptors (Lipinski definition) is 5. The van der Waals surface area contributed by atoms with Gasteiger partial charge < -0.3 is 19.7 Å². The Morgan fingerprint density at radius 1 is 1.26 bits per heavy atom. The van der Waals surface area contributed by atoms with Gasteiger partial charge in [0, 0.05) is 19.6 Å². The van der Waals surface area contributed by atoms with Gasteiger partial charge in [-0.05, 0) is 45.4 Å². The first-order valence-corrected chi connectivity index (χ1v) is 8.39. The molecule has 0 aromatic heterocycles. The van der Waals surface area contributed by atoms with Crippen LogP contribution in [-0.4, -0.2) is 55.3 Å². The number of ether oxygens (including phenoxy) is 2. The lowest BCUT2D eigenvalue weighted by molar-refractivity contribution is -0.143. The average Bonchev–Trinajstić information content (AvgIpc) is 2.46. The van der Waals surface area contributed by atoms with Crippen LogP contribution >= 0.6 is 0 Å². The van der Waals surface area contributed by atoms with E-state index in [0.717, 1.165) is 19.4 Å². The van der Waals surface area contributed by atoms with Crippen molar-refractivity contribution in [2.24, 2.45) is 5.41 Å². The number of amides is 1. The highest BCUT2D eigenvalue weighted by molar-refractivity contribution is 5.75. The van der Waals surface area contributed by atoms with Crippen molar-refractivity contribution in [1.29, 1.82) is 0 Å².